The molecule has 1 aromatic rings. The summed E-state index contributed by atoms with van der Waals surface area (Å²) in [6, 6.07) is 0. The van der Waals surface area contributed by atoms with Gasteiger partial charge in [-0.1, -0.05) is 9.54 Å². The second-order valence-electron chi connectivity index (χ2n) is 1.26. The Labute approximate surface area is 54.6 Å². The number of nitrogens with zero attached hydrogens (tertiary/aromatic N) is 2. The second kappa shape index (κ2) is 2.31. The molecule has 6 nitrogen and oxygen atoms in total. The lowest BCUT2D eigenvalue weighted by molar-refractivity contribution is 0.00211. The minimum Gasteiger partial charge on any atom is -0.243 e. The summed E-state index contributed by atoms with van der Waals surface area (Å²) in [5.74, 6) is 0. The molecule has 1 rings (SSSR count). The zero-order valence-electron chi connectivity index (χ0n) is 4.39. The van der Waals surface area contributed by atoms with Crippen LogP contribution in [0.1, 0.15) is 0 Å². The lowest BCUT2D eigenvalue weighted by Crippen LogP contribution is -1.99. The Kier molecular flexibility index (Phi) is 1.64. The van der Waals surface area contributed by atoms with Crippen LogP contribution in [0.25, 0.3) is 0 Å². The molecule has 0 aliphatic heterocycles. The number of rotatable bonds is 2. The molecule has 0 saturated heterocycles. The molecular weight excluding hydrogens is 167 g/mol. The lowest BCUT2D eigenvalue weighted by Gasteiger charge is -1.85. The minimum absolute atomic E-state index is 0.699. The first-order valence-electron chi connectivity index (χ1n) is 1.99. The van der Waals surface area contributed by atoms with Crippen LogP contribution < -0.4 is 0 Å². The van der Waals surface area contributed by atoms with Crippen molar-refractivity contribution in [2.75, 3.05) is 0 Å². The van der Waals surface area contributed by atoms with Crippen molar-refractivity contribution < 1.29 is 22.0 Å². The molecular formula is C2HFN2O4S. The Balaban J connectivity index is 3.09. The van der Waals surface area contributed by atoms with Gasteiger partial charge in [0.2, 0.25) is 5.03 Å². The summed E-state index contributed by atoms with van der Waals surface area (Å²) in [6.07, 6.45) is 0.717. The van der Waals surface area contributed by atoms with Crippen molar-refractivity contribution >= 4 is 10.1 Å². The SMILES string of the molecule is O=S(=O)(OF)c1cnon1. The highest BCUT2D eigenvalue weighted by atomic mass is 32.2. The van der Waals surface area contributed by atoms with Gasteiger partial charge in [0.05, 0.1) is 0 Å². The quantitative estimate of drug-likeness (QED) is 0.600. The Morgan fingerprint density at radius 2 is 2.40 bits per heavy atom. The molecule has 0 fully saturated rings. The molecule has 1 heterocycles. The van der Waals surface area contributed by atoms with Crippen LogP contribution in [0.3, 0.4) is 0 Å². The van der Waals surface area contributed by atoms with Gasteiger partial charge in [0, 0.05) is 0 Å². The van der Waals surface area contributed by atoms with Crippen molar-refractivity contribution in [2.24, 2.45) is 0 Å². The zero-order chi connectivity index (χ0) is 7.61. The summed E-state index contributed by atoms with van der Waals surface area (Å²) in [7, 11) is -4.39. The Hall–Kier alpha value is -1.02. The van der Waals surface area contributed by atoms with Crippen molar-refractivity contribution in [3.05, 3.63) is 6.20 Å². The van der Waals surface area contributed by atoms with Gasteiger partial charge < -0.3 is 0 Å². The van der Waals surface area contributed by atoms with Gasteiger partial charge in [0.15, 0.2) is 0 Å². The van der Waals surface area contributed by atoms with E-state index < -0.39 is 15.1 Å². The molecule has 10 heavy (non-hydrogen) atoms. The van der Waals surface area contributed by atoms with Crippen molar-refractivity contribution in [3.63, 3.8) is 0 Å². The smallest absolute Gasteiger partial charge is 0.243 e. The van der Waals surface area contributed by atoms with Gasteiger partial charge in [-0.15, -0.1) is 0 Å². The Bertz CT molecular complexity index is 291. The maximum atomic E-state index is 11.1. The van der Waals surface area contributed by atoms with Gasteiger partial charge >= 0.3 is 10.1 Å². The van der Waals surface area contributed by atoms with Crippen LogP contribution in [0.2, 0.25) is 0 Å². The average Bonchev–Trinajstić information content (AvgIpc) is 2.38. The first-order chi connectivity index (χ1) is 4.67. The predicted octanol–water partition coefficient (Wildman–Crippen LogP) is -0.341. The van der Waals surface area contributed by atoms with Gasteiger partial charge in [-0.3, -0.25) is 0 Å². The fourth-order valence-electron chi connectivity index (χ4n) is 0.298. The van der Waals surface area contributed by atoms with Crippen molar-refractivity contribution in [1.29, 1.82) is 0 Å². The Morgan fingerprint density at radius 1 is 1.70 bits per heavy atom. The number of halogens is 1. The first-order valence-corrected chi connectivity index (χ1v) is 3.40. The number of hydrogen-bond donors (Lipinski definition) is 0. The second-order valence-corrected chi connectivity index (χ2v) is 2.72. The van der Waals surface area contributed by atoms with E-state index >= 15 is 0 Å². The van der Waals surface area contributed by atoms with E-state index in [4.69, 9.17) is 0 Å². The van der Waals surface area contributed by atoms with Crippen LogP contribution in [0, 0.1) is 0 Å². The van der Waals surface area contributed by atoms with Crippen molar-refractivity contribution in [3.8, 4) is 0 Å². The van der Waals surface area contributed by atoms with Gasteiger partial charge in [0.1, 0.15) is 6.20 Å². The third kappa shape index (κ3) is 1.11. The topological polar surface area (TPSA) is 82.3 Å². The standard InChI is InChI=1S/C2HFN2O4S/c3-8-10(6,7)2-1-4-9-5-2/h1H. The normalized spacial score (nSPS) is 11.7. The van der Waals surface area contributed by atoms with E-state index in [9.17, 15) is 12.9 Å². The fourth-order valence-corrected chi connectivity index (χ4v) is 0.660. The summed E-state index contributed by atoms with van der Waals surface area (Å²) in [5, 5.41) is 5.05. The molecule has 0 N–H and O–H groups in total. The Morgan fingerprint density at radius 3 is 2.80 bits per heavy atom. The predicted molar refractivity (Wildman–Crippen MR) is 23.7 cm³/mol. The molecule has 8 heteroatoms. The largest absolute Gasteiger partial charge is 0.349 e. The number of aromatic nitrogens is 2. The van der Waals surface area contributed by atoms with Gasteiger partial charge in [-0.25, -0.2) is 4.63 Å². The molecule has 0 unspecified atom stereocenters. The maximum absolute atomic E-state index is 11.1. The summed E-state index contributed by atoms with van der Waals surface area (Å²) in [5.41, 5.74) is 0. The molecule has 0 amide bonds. The molecule has 0 aliphatic rings. The molecule has 0 spiro atoms. The highest BCUT2D eigenvalue weighted by Crippen LogP contribution is 2.06. The summed E-state index contributed by atoms with van der Waals surface area (Å²) in [4.78, 5) is 0. The third-order valence-electron chi connectivity index (χ3n) is 0.680. The maximum Gasteiger partial charge on any atom is 0.349 e. The monoisotopic (exact) mass is 168 g/mol. The van der Waals surface area contributed by atoms with Crippen LogP contribution in [-0.4, -0.2) is 18.7 Å². The molecule has 0 saturated carbocycles. The molecule has 0 aromatic carbocycles. The van der Waals surface area contributed by atoms with E-state index in [1.165, 1.54) is 0 Å². The van der Waals surface area contributed by atoms with Crippen LogP contribution in [0.4, 0.5) is 4.53 Å². The van der Waals surface area contributed by atoms with E-state index in [-0.39, 0.29) is 0 Å². The molecule has 0 bridgehead atoms. The fraction of sp³-hybridized carbons (Fsp3) is 0. The summed E-state index contributed by atoms with van der Waals surface area (Å²) < 4.78 is 38.2. The molecule has 56 valence electrons. The van der Waals surface area contributed by atoms with Gasteiger partial charge in [-0.2, -0.15) is 8.42 Å². The molecule has 0 radical (unpaired) electrons. The molecule has 0 atom stereocenters. The van der Waals surface area contributed by atoms with Gasteiger partial charge in [-0.05, 0) is 9.68 Å². The van der Waals surface area contributed by atoms with Crippen LogP contribution in [-0.2, 0) is 14.5 Å². The van der Waals surface area contributed by atoms with E-state index in [1.54, 1.807) is 0 Å². The van der Waals surface area contributed by atoms with E-state index in [0.29, 0.717) is 0 Å². The summed E-state index contributed by atoms with van der Waals surface area (Å²) >= 11 is 0. The van der Waals surface area contributed by atoms with E-state index in [2.05, 4.69) is 19.3 Å². The zero-order valence-corrected chi connectivity index (χ0v) is 5.21. The summed E-state index contributed by atoms with van der Waals surface area (Å²) in [6.45, 7) is 0. The minimum atomic E-state index is -4.39. The highest BCUT2D eigenvalue weighted by molar-refractivity contribution is 7.86. The highest BCUT2D eigenvalue weighted by Gasteiger charge is 2.19. The van der Waals surface area contributed by atoms with Crippen molar-refractivity contribution in [1.82, 2.24) is 10.3 Å². The van der Waals surface area contributed by atoms with Crippen LogP contribution >= 0.6 is 0 Å². The van der Waals surface area contributed by atoms with Crippen molar-refractivity contribution in [2.45, 2.75) is 5.03 Å². The third-order valence-corrected chi connectivity index (χ3v) is 1.54. The van der Waals surface area contributed by atoms with Gasteiger partial charge in [0.25, 0.3) is 0 Å². The number of hydrogen-bond acceptors (Lipinski definition) is 6. The molecule has 0 aliphatic carbocycles. The molecule has 1 aromatic heterocycles. The lowest BCUT2D eigenvalue weighted by atomic mass is 11.0. The van der Waals surface area contributed by atoms with E-state index in [1.807, 2.05) is 0 Å². The van der Waals surface area contributed by atoms with E-state index in [0.717, 1.165) is 6.20 Å². The van der Waals surface area contributed by atoms with Crippen LogP contribution in [0.5, 0.6) is 0 Å². The first kappa shape index (κ1) is 7.09. The average molecular weight is 168 g/mol. The van der Waals surface area contributed by atoms with Crippen LogP contribution in [0.15, 0.2) is 15.9 Å².